The first-order chi connectivity index (χ1) is 12.2. The first-order valence-electron chi connectivity index (χ1n) is 8.28. The Morgan fingerprint density at radius 1 is 1.04 bits per heavy atom. The maximum Gasteiger partial charge on any atom is 0.337 e. The van der Waals surface area contributed by atoms with E-state index in [1.165, 1.54) is 7.11 Å². The molecule has 0 unspecified atom stereocenters. The number of anilines is 1. The zero-order chi connectivity index (χ0) is 17.6. The summed E-state index contributed by atoms with van der Waals surface area (Å²) in [6.45, 7) is 2.94. The van der Waals surface area contributed by atoms with Crippen LogP contribution in [0.4, 0.5) is 5.82 Å². The minimum absolute atomic E-state index is 0.103. The molecule has 0 aliphatic carbocycles. The van der Waals surface area contributed by atoms with Gasteiger partial charge in [0.1, 0.15) is 5.82 Å². The monoisotopic (exact) mass is 339 g/mol. The number of hydrogen-bond donors (Lipinski definition) is 0. The molecule has 6 heteroatoms. The molecule has 1 aliphatic heterocycles. The highest BCUT2D eigenvalue weighted by Crippen LogP contribution is 2.14. The number of ether oxygens (including phenoxy) is 1. The summed E-state index contributed by atoms with van der Waals surface area (Å²) >= 11 is 0. The van der Waals surface area contributed by atoms with Gasteiger partial charge in [-0.2, -0.15) is 0 Å². The van der Waals surface area contributed by atoms with E-state index in [2.05, 4.69) is 14.6 Å². The van der Waals surface area contributed by atoms with Gasteiger partial charge in [0, 0.05) is 32.4 Å². The average molecular weight is 339 g/mol. The zero-order valence-electron chi connectivity index (χ0n) is 14.2. The van der Waals surface area contributed by atoms with Gasteiger partial charge < -0.3 is 14.5 Å². The van der Waals surface area contributed by atoms with Crippen molar-refractivity contribution in [3.8, 4) is 0 Å². The van der Waals surface area contributed by atoms with Gasteiger partial charge in [0.25, 0.3) is 0 Å². The number of aromatic nitrogens is 1. The number of carbonyl (C=O) groups is 2. The number of pyridine rings is 1. The van der Waals surface area contributed by atoms with Crippen molar-refractivity contribution in [2.45, 2.75) is 6.42 Å². The maximum atomic E-state index is 12.5. The molecule has 0 N–H and O–H groups in total. The van der Waals surface area contributed by atoms with Crippen LogP contribution >= 0.6 is 0 Å². The van der Waals surface area contributed by atoms with Crippen LogP contribution in [0, 0.1) is 0 Å². The summed E-state index contributed by atoms with van der Waals surface area (Å²) in [5.41, 5.74) is 1.38. The van der Waals surface area contributed by atoms with Crippen LogP contribution in [0.2, 0.25) is 0 Å². The number of benzene rings is 1. The Kier molecular flexibility index (Phi) is 5.28. The van der Waals surface area contributed by atoms with Gasteiger partial charge >= 0.3 is 5.97 Å². The summed E-state index contributed by atoms with van der Waals surface area (Å²) in [6.07, 6.45) is 2.12. The quantitative estimate of drug-likeness (QED) is 0.794. The molecule has 0 spiro atoms. The number of nitrogens with zero attached hydrogens (tertiary/aromatic N) is 3. The molecule has 0 atom stereocenters. The Morgan fingerprint density at radius 3 is 2.36 bits per heavy atom. The van der Waals surface area contributed by atoms with E-state index in [4.69, 9.17) is 0 Å². The molecule has 130 valence electrons. The Balaban J connectivity index is 1.53. The van der Waals surface area contributed by atoms with Crippen LogP contribution in [-0.2, 0) is 16.0 Å². The Labute approximate surface area is 147 Å². The average Bonchev–Trinajstić information content (AvgIpc) is 2.68. The van der Waals surface area contributed by atoms with Crippen molar-refractivity contribution in [2.75, 3.05) is 38.2 Å². The zero-order valence-corrected chi connectivity index (χ0v) is 14.2. The normalized spacial score (nSPS) is 14.3. The summed E-state index contributed by atoms with van der Waals surface area (Å²) in [5, 5.41) is 0. The standard InChI is InChI=1S/C19H21N3O3/c1-25-19(24)16-7-5-15(6-8-16)14-18(23)22-12-10-21(11-13-22)17-4-2-3-9-20-17/h2-9H,10-14H2,1H3. The molecule has 0 bridgehead atoms. The van der Waals surface area contributed by atoms with Crippen LogP contribution in [0.5, 0.6) is 0 Å². The third-order valence-corrected chi connectivity index (χ3v) is 4.34. The van der Waals surface area contributed by atoms with Crippen LogP contribution in [-0.4, -0.2) is 55.0 Å². The molecule has 1 fully saturated rings. The number of piperazine rings is 1. The molecule has 3 rings (SSSR count). The molecule has 1 aliphatic rings. The molecule has 2 aromatic rings. The fraction of sp³-hybridized carbons (Fsp3) is 0.316. The fourth-order valence-corrected chi connectivity index (χ4v) is 2.89. The second-order valence-electron chi connectivity index (χ2n) is 5.92. The van der Waals surface area contributed by atoms with Gasteiger partial charge in [0.2, 0.25) is 5.91 Å². The van der Waals surface area contributed by atoms with Crippen molar-refractivity contribution in [1.29, 1.82) is 0 Å². The molecular formula is C19H21N3O3. The SMILES string of the molecule is COC(=O)c1ccc(CC(=O)N2CCN(c3ccccn3)CC2)cc1. The van der Waals surface area contributed by atoms with Crippen LogP contribution < -0.4 is 4.90 Å². The van der Waals surface area contributed by atoms with Crippen LogP contribution in [0.1, 0.15) is 15.9 Å². The largest absolute Gasteiger partial charge is 0.465 e. The third-order valence-electron chi connectivity index (χ3n) is 4.34. The van der Waals surface area contributed by atoms with Gasteiger partial charge in [0.05, 0.1) is 19.1 Å². The van der Waals surface area contributed by atoms with E-state index in [1.807, 2.05) is 23.1 Å². The third kappa shape index (κ3) is 4.15. The Hall–Kier alpha value is -2.89. The van der Waals surface area contributed by atoms with E-state index in [0.717, 1.165) is 24.5 Å². The fourth-order valence-electron chi connectivity index (χ4n) is 2.89. The smallest absolute Gasteiger partial charge is 0.337 e. The predicted octanol–water partition coefficient (Wildman–Crippen LogP) is 1.76. The van der Waals surface area contributed by atoms with E-state index in [1.54, 1.807) is 30.5 Å². The van der Waals surface area contributed by atoms with Crippen molar-refractivity contribution in [3.05, 3.63) is 59.8 Å². The second-order valence-corrected chi connectivity index (χ2v) is 5.92. The summed E-state index contributed by atoms with van der Waals surface area (Å²) in [5.74, 6) is 0.683. The second kappa shape index (κ2) is 7.79. The number of amides is 1. The van der Waals surface area contributed by atoms with Crippen molar-refractivity contribution < 1.29 is 14.3 Å². The van der Waals surface area contributed by atoms with Gasteiger partial charge in [-0.05, 0) is 29.8 Å². The van der Waals surface area contributed by atoms with E-state index >= 15 is 0 Å². The maximum absolute atomic E-state index is 12.5. The highest BCUT2D eigenvalue weighted by Gasteiger charge is 2.21. The van der Waals surface area contributed by atoms with Crippen LogP contribution in [0.3, 0.4) is 0 Å². The summed E-state index contributed by atoms with van der Waals surface area (Å²) in [6, 6.07) is 12.8. The highest BCUT2D eigenvalue weighted by atomic mass is 16.5. The number of methoxy groups -OCH3 is 1. The first kappa shape index (κ1) is 17.0. The molecule has 1 saturated heterocycles. The van der Waals surface area contributed by atoms with Gasteiger partial charge in [-0.15, -0.1) is 0 Å². The van der Waals surface area contributed by atoms with E-state index in [0.29, 0.717) is 25.1 Å². The van der Waals surface area contributed by atoms with Crippen molar-refractivity contribution in [2.24, 2.45) is 0 Å². The molecular weight excluding hydrogens is 318 g/mol. The first-order valence-corrected chi connectivity index (χ1v) is 8.28. The van der Waals surface area contributed by atoms with Crippen molar-refractivity contribution in [3.63, 3.8) is 0 Å². The van der Waals surface area contributed by atoms with Crippen LogP contribution in [0.15, 0.2) is 48.7 Å². The van der Waals surface area contributed by atoms with Gasteiger partial charge in [-0.3, -0.25) is 4.79 Å². The molecule has 1 aromatic heterocycles. The topological polar surface area (TPSA) is 62.7 Å². The lowest BCUT2D eigenvalue weighted by Gasteiger charge is -2.35. The minimum atomic E-state index is -0.372. The molecule has 0 radical (unpaired) electrons. The lowest BCUT2D eigenvalue weighted by molar-refractivity contribution is -0.130. The number of carbonyl (C=O) groups excluding carboxylic acids is 2. The summed E-state index contributed by atoms with van der Waals surface area (Å²) in [7, 11) is 1.35. The summed E-state index contributed by atoms with van der Waals surface area (Å²) in [4.78, 5) is 32.3. The van der Waals surface area contributed by atoms with Gasteiger partial charge in [-0.1, -0.05) is 18.2 Å². The highest BCUT2D eigenvalue weighted by molar-refractivity contribution is 5.89. The molecule has 2 heterocycles. The predicted molar refractivity (Wildman–Crippen MR) is 94.5 cm³/mol. The van der Waals surface area contributed by atoms with E-state index in [-0.39, 0.29) is 11.9 Å². The number of esters is 1. The molecule has 6 nitrogen and oxygen atoms in total. The number of rotatable bonds is 4. The van der Waals surface area contributed by atoms with Gasteiger partial charge in [-0.25, -0.2) is 9.78 Å². The Bertz CT molecular complexity index is 723. The van der Waals surface area contributed by atoms with E-state index in [9.17, 15) is 9.59 Å². The lowest BCUT2D eigenvalue weighted by Crippen LogP contribution is -2.49. The molecule has 0 saturated carbocycles. The summed E-state index contributed by atoms with van der Waals surface area (Å²) < 4.78 is 4.68. The Morgan fingerprint density at radius 2 is 1.76 bits per heavy atom. The van der Waals surface area contributed by atoms with Crippen molar-refractivity contribution in [1.82, 2.24) is 9.88 Å². The van der Waals surface area contributed by atoms with Crippen LogP contribution in [0.25, 0.3) is 0 Å². The lowest BCUT2D eigenvalue weighted by atomic mass is 10.1. The van der Waals surface area contributed by atoms with Gasteiger partial charge in [0.15, 0.2) is 0 Å². The number of hydrogen-bond acceptors (Lipinski definition) is 5. The molecule has 1 aromatic carbocycles. The van der Waals surface area contributed by atoms with Crippen molar-refractivity contribution >= 4 is 17.7 Å². The molecule has 1 amide bonds. The minimum Gasteiger partial charge on any atom is -0.465 e. The van der Waals surface area contributed by atoms with E-state index < -0.39 is 0 Å². The molecule has 25 heavy (non-hydrogen) atoms.